The van der Waals surface area contributed by atoms with Gasteiger partial charge < -0.3 is 0 Å². The van der Waals surface area contributed by atoms with Gasteiger partial charge in [0.25, 0.3) is 0 Å². The summed E-state index contributed by atoms with van der Waals surface area (Å²) in [6.07, 6.45) is 1.84. The summed E-state index contributed by atoms with van der Waals surface area (Å²) in [6, 6.07) is 51.2. The molecule has 0 radical (unpaired) electrons. The maximum Gasteiger partial charge on any atom is 0.0794 e. The molecule has 0 unspecified atom stereocenters. The van der Waals surface area contributed by atoms with Gasteiger partial charge >= 0.3 is 0 Å². The lowest BCUT2D eigenvalue weighted by Gasteiger charge is -2.15. The molecule has 0 atom stereocenters. The van der Waals surface area contributed by atoms with Gasteiger partial charge in [-0.2, -0.15) is 0 Å². The first-order chi connectivity index (χ1) is 20.2. The van der Waals surface area contributed by atoms with Crippen molar-refractivity contribution >= 4 is 10.9 Å². The minimum Gasteiger partial charge on any atom is -0.256 e. The van der Waals surface area contributed by atoms with E-state index in [1.54, 1.807) is 0 Å². The van der Waals surface area contributed by atoms with Crippen molar-refractivity contribution in [1.82, 2.24) is 9.97 Å². The Labute approximate surface area is 240 Å². The van der Waals surface area contributed by atoms with E-state index in [0.29, 0.717) is 0 Å². The van der Waals surface area contributed by atoms with E-state index in [9.17, 15) is 0 Å². The van der Waals surface area contributed by atoms with Crippen LogP contribution < -0.4 is 0 Å². The van der Waals surface area contributed by atoms with Crippen molar-refractivity contribution in [2.24, 2.45) is 0 Å². The minimum atomic E-state index is 0.960. The third-order valence-corrected chi connectivity index (χ3v) is 7.69. The summed E-state index contributed by atoms with van der Waals surface area (Å²) in [5, 5.41) is 1.13. The van der Waals surface area contributed by atoms with Gasteiger partial charge in [-0.1, -0.05) is 109 Å². The van der Waals surface area contributed by atoms with Crippen LogP contribution in [-0.2, 0) is 0 Å². The molecule has 0 amide bonds. The molecule has 0 saturated heterocycles. The molecule has 2 nitrogen and oxygen atoms in total. The van der Waals surface area contributed by atoms with Crippen molar-refractivity contribution in [3.63, 3.8) is 0 Å². The molecule has 7 aromatic rings. The van der Waals surface area contributed by atoms with Gasteiger partial charge in [-0.15, -0.1) is 0 Å². The summed E-state index contributed by atoms with van der Waals surface area (Å²) in [6.45, 7) is 2.18. The molecule has 2 aromatic heterocycles. The lowest BCUT2D eigenvalue weighted by atomic mass is 9.91. The molecule has 0 saturated carbocycles. The van der Waals surface area contributed by atoms with Crippen molar-refractivity contribution in [1.29, 1.82) is 0 Å². The average molecular weight is 525 g/mol. The second-order valence-corrected chi connectivity index (χ2v) is 10.3. The third kappa shape index (κ3) is 4.81. The lowest BCUT2D eigenvalue weighted by Crippen LogP contribution is -1.93. The van der Waals surface area contributed by atoms with Crippen LogP contribution in [0, 0.1) is 6.92 Å². The Balaban J connectivity index is 1.44. The number of aryl methyl sites for hydroxylation is 1. The Morgan fingerprint density at radius 2 is 1.10 bits per heavy atom. The highest BCUT2D eigenvalue weighted by Crippen LogP contribution is 2.38. The zero-order valence-corrected chi connectivity index (χ0v) is 22.8. The first kappa shape index (κ1) is 24.7. The molecule has 0 aliphatic heterocycles. The summed E-state index contributed by atoms with van der Waals surface area (Å²) >= 11 is 0. The summed E-state index contributed by atoms with van der Waals surface area (Å²) in [5.41, 5.74) is 13.4. The molecule has 0 spiro atoms. The van der Waals surface area contributed by atoms with E-state index in [1.165, 1.54) is 27.8 Å². The van der Waals surface area contributed by atoms with Gasteiger partial charge in [0.1, 0.15) is 0 Å². The normalized spacial score (nSPS) is 11.0. The zero-order valence-electron chi connectivity index (χ0n) is 22.8. The number of rotatable bonds is 5. The van der Waals surface area contributed by atoms with Gasteiger partial charge in [-0.05, 0) is 76.7 Å². The number of hydrogen-bond acceptors (Lipinski definition) is 2. The number of fused-ring (bicyclic) bond motifs is 1. The molecule has 41 heavy (non-hydrogen) atoms. The molecule has 0 aliphatic rings. The van der Waals surface area contributed by atoms with Crippen molar-refractivity contribution in [3.8, 4) is 55.9 Å². The Morgan fingerprint density at radius 3 is 1.88 bits per heavy atom. The summed E-state index contributed by atoms with van der Waals surface area (Å²) in [7, 11) is 0. The second kappa shape index (κ2) is 10.7. The first-order valence-electron chi connectivity index (χ1n) is 13.9. The van der Waals surface area contributed by atoms with Crippen LogP contribution in [0.1, 0.15) is 5.56 Å². The van der Waals surface area contributed by atoms with Gasteiger partial charge in [0.2, 0.25) is 0 Å². The number of aromatic nitrogens is 2. The molecular formula is C39H28N2. The van der Waals surface area contributed by atoms with Gasteiger partial charge in [0.15, 0.2) is 0 Å². The quantitative estimate of drug-likeness (QED) is 0.224. The average Bonchev–Trinajstić information content (AvgIpc) is 3.05. The van der Waals surface area contributed by atoms with Crippen LogP contribution in [0.4, 0.5) is 0 Å². The topological polar surface area (TPSA) is 25.8 Å². The van der Waals surface area contributed by atoms with E-state index in [2.05, 4.69) is 133 Å². The van der Waals surface area contributed by atoms with E-state index < -0.39 is 0 Å². The molecular weight excluding hydrogens is 496 g/mol. The molecule has 2 heteroatoms. The Hall–Kier alpha value is -5.34. The third-order valence-electron chi connectivity index (χ3n) is 7.69. The predicted molar refractivity (Wildman–Crippen MR) is 171 cm³/mol. The number of nitrogens with zero attached hydrogens (tertiary/aromatic N) is 2. The predicted octanol–water partition coefficient (Wildman–Crippen LogP) is 10.3. The van der Waals surface area contributed by atoms with E-state index >= 15 is 0 Å². The molecule has 0 fully saturated rings. The fraction of sp³-hybridized carbons (Fsp3) is 0.0256. The van der Waals surface area contributed by atoms with Crippen LogP contribution in [0.5, 0.6) is 0 Å². The van der Waals surface area contributed by atoms with Crippen molar-refractivity contribution in [2.75, 3.05) is 0 Å². The zero-order chi connectivity index (χ0) is 27.6. The highest BCUT2D eigenvalue weighted by molar-refractivity contribution is 6.04. The van der Waals surface area contributed by atoms with E-state index in [1.807, 2.05) is 30.5 Å². The Kier molecular flexibility index (Phi) is 6.42. The van der Waals surface area contributed by atoms with Crippen LogP contribution in [0.3, 0.4) is 0 Å². The van der Waals surface area contributed by atoms with Crippen LogP contribution in [0.2, 0.25) is 0 Å². The van der Waals surface area contributed by atoms with Crippen molar-refractivity contribution < 1.29 is 0 Å². The van der Waals surface area contributed by atoms with Crippen molar-refractivity contribution in [3.05, 3.63) is 157 Å². The molecule has 194 valence electrons. The van der Waals surface area contributed by atoms with Gasteiger partial charge in [-0.3, -0.25) is 4.98 Å². The number of benzene rings is 5. The summed E-state index contributed by atoms with van der Waals surface area (Å²) in [5.74, 6) is 0. The number of hydrogen-bond donors (Lipinski definition) is 0. The molecule has 0 bridgehead atoms. The molecule has 2 heterocycles. The molecule has 0 aliphatic carbocycles. The first-order valence-corrected chi connectivity index (χ1v) is 13.9. The summed E-state index contributed by atoms with van der Waals surface area (Å²) < 4.78 is 0. The van der Waals surface area contributed by atoms with Crippen LogP contribution in [0.15, 0.2) is 152 Å². The van der Waals surface area contributed by atoms with Crippen LogP contribution in [-0.4, -0.2) is 9.97 Å². The molecule has 0 N–H and O–H groups in total. The minimum absolute atomic E-state index is 0.960. The number of pyridine rings is 2. The van der Waals surface area contributed by atoms with Gasteiger partial charge in [0, 0.05) is 28.3 Å². The van der Waals surface area contributed by atoms with Gasteiger partial charge in [-0.25, -0.2) is 4.98 Å². The summed E-state index contributed by atoms with van der Waals surface area (Å²) in [4.78, 5) is 9.87. The SMILES string of the molecule is Cc1ccc(-c2ccc(-c3cccc(-c4ccccn4)c3)c3nc(-c4ccccc4)ccc23)cc1-c1ccccc1. The van der Waals surface area contributed by atoms with E-state index in [0.717, 1.165) is 44.5 Å². The van der Waals surface area contributed by atoms with Crippen LogP contribution >= 0.6 is 0 Å². The van der Waals surface area contributed by atoms with E-state index in [4.69, 9.17) is 4.98 Å². The Morgan fingerprint density at radius 1 is 0.415 bits per heavy atom. The maximum absolute atomic E-state index is 5.29. The monoisotopic (exact) mass is 524 g/mol. The highest BCUT2D eigenvalue weighted by atomic mass is 14.7. The fourth-order valence-corrected chi connectivity index (χ4v) is 5.57. The standard InChI is InChI=1S/C39H28N2/c1-27-18-19-31(26-36(27)28-11-4-2-5-12-28)33-20-21-34(30-15-10-16-32(25-30)37-17-8-9-24-40-37)39-35(33)22-23-38(41-39)29-13-6-3-7-14-29/h2-26H,1H3. The molecule has 7 rings (SSSR count). The largest absolute Gasteiger partial charge is 0.256 e. The highest BCUT2D eigenvalue weighted by Gasteiger charge is 2.15. The van der Waals surface area contributed by atoms with E-state index in [-0.39, 0.29) is 0 Å². The lowest BCUT2D eigenvalue weighted by molar-refractivity contribution is 1.33. The Bertz CT molecular complexity index is 1980. The maximum atomic E-state index is 5.29. The second-order valence-electron chi connectivity index (χ2n) is 10.3. The molecule has 5 aromatic carbocycles. The smallest absolute Gasteiger partial charge is 0.0794 e. The van der Waals surface area contributed by atoms with Crippen molar-refractivity contribution in [2.45, 2.75) is 6.92 Å². The van der Waals surface area contributed by atoms with Crippen LogP contribution in [0.25, 0.3) is 66.8 Å². The fourth-order valence-electron chi connectivity index (χ4n) is 5.57. The van der Waals surface area contributed by atoms with Gasteiger partial charge in [0.05, 0.1) is 16.9 Å².